The number of carbonyl (C=O) groups excluding carboxylic acids is 1. The molecule has 1 rings (SSSR count). The van der Waals surface area contributed by atoms with Crippen LogP contribution >= 0.6 is 0 Å². The number of rotatable bonds is 5. The van der Waals surface area contributed by atoms with Crippen molar-refractivity contribution in [3.63, 3.8) is 0 Å². The Morgan fingerprint density at radius 3 is 2.71 bits per heavy atom. The van der Waals surface area contributed by atoms with Gasteiger partial charge in [-0.15, -0.1) is 0 Å². The van der Waals surface area contributed by atoms with E-state index in [1.807, 2.05) is 0 Å². The lowest BCUT2D eigenvalue weighted by Gasteiger charge is -2.18. The summed E-state index contributed by atoms with van der Waals surface area (Å²) in [5.74, 6) is -0.606. The summed E-state index contributed by atoms with van der Waals surface area (Å²) in [5, 5.41) is 0. The molecule has 0 fully saturated rings. The van der Waals surface area contributed by atoms with Crippen molar-refractivity contribution in [2.75, 3.05) is 32.2 Å². The fraction of sp³-hybridized carbons (Fsp3) is 0.417. The summed E-state index contributed by atoms with van der Waals surface area (Å²) in [5.41, 5.74) is 0.594. The number of methoxy groups -OCH3 is 1. The molecule has 0 radical (unpaired) electrons. The summed E-state index contributed by atoms with van der Waals surface area (Å²) >= 11 is 0. The molecule has 0 N–H and O–H groups in total. The van der Waals surface area contributed by atoms with E-state index in [0.29, 0.717) is 12.3 Å². The van der Waals surface area contributed by atoms with E-state index < -0.39 is 5.82 Å². The van der Waals surface area contributed by atoms with Crippen molar-refractivity contribution < 1.29 is 18.7 Å². The van der Waals surface area contributed by atoms with Gasteiger partial charge in [0.2, 0.25) is 0 Å². The molecule has 0 amide bonds. The van der Waals surface area contributed by atoms with E-state index in [0.717, 1.165) is 0 Å². The lowest BCUT2D eigenvalue weighted by molar-refractivity contribution is -0.138. The van der Waals surface area contributed by atoms with Crippen molar-refractivity contribution in [3.05, 3.63) is 24.0 Å². The highest BCUT2D eigenvalue weighted by molar-refractivity contribution is 5.75. The van der Waals surface area contributed by atoms with E-state index in [-0.39, 0.29) is 18.3 Å². The van der Waals surface area contributed by atoms with E-state index in [1.54, 1.807) is 31.0 Å². The van der Waals surface area contributed by atoms with Crippen LogP contribution in [0, 0.1) is 5.82 Å². The van der Waals surface area contributed by atoms with Crippen LogP contribution < -0.4 is 9.64 Å². The van der Waals surface area contributed by atoms with Gasteiger partial charge in [0.15, 0.2) is 11.6 Å². The first-order valence-corrected chi connectivity index (χ1v) is 5.28. The Kier molecular flexibility index (Phi) is 4.75. The molecular weight excluding hydrogens is 225 g/mol. The van der Waals surface area contributed by atoms with E-state index >= 15 is 0 Å². The number of hydrogen-bond donors (Lipinski definition) is 0. The molecule has 5 heteroatoms. The molecule has 17 heavy (non-hydrogen) atoms. The van der Waals surface area contributed by atoms with E-state index in [4.69, 9.17) is 4.74 Å². The maximum absolute atomic E-state index is 13.5. The lowest BCUT2D eigenvalue weighted by Crippen LogP contribution is -2.26. The minimum atomic E-state index is -0.443. The number of likely N-dealkylation sites (N-methyl/N-ethyl adjacent to an activating group) is 1. The molecule has 0 aliphatic rings. The van der Waals surface area contributed by atoms with Crippen LogP contribution in [0.5, 0.6) is 5.75 Å². The second-order valence-electron chi connectivity index (χ2n) is 3.48. The number of nitrogens with zero attached hydrogens (tertiary/aromatic N) is 1. The zero-order chi connectivity index (χ0) is 12.8. The minimum Gasteiger partial charge on any atom is -0.491 e. The number of benzene rings is 1. The molecule has 0 saturated carbocycles. The normalized spacial score (nSPS) is 9.88. The topological polar surface area (TPSA) is 38.8 Å². The Morgan fingerprint density at radius 2 is 2.18 bits per heavy atom. The van der Waals surface area contributed by atoms with Crippen LogP contribution in [0.4, 0.5) is 10.1 Å². The maximum atomic E-state index is 13.5. The van der Waals surface area contributed by atoms with Crippen LogP contribution in [0.3, 0.4) is 0 Å². The van der Waals surface area contributed by atoms with Crippen molar-refractivity contribution in [1.82, 2.24) is 0 Å². The Bertz CT molecular complexity index is 395. The molecule has 0 unspecified atom stereocenters. The van der Waals surface area contributed by atoms with Gasteiger partial charge in [-0.05, 0) is 19.1 Å². The number of carbonyl (C=O) groups is 1. The quantitative estimate of drug-likeness (QED) is 0.737. The van der Waals surface area contributed by atoms with E-state index in [1.165, 1.54) is 13.2 Å². The highest BCUT2D eigenvalue weighted by atomic mass is 19.1. The van der Waals surface area contributed by atoms with Crippen LogP contribution in [0.25, 0.3) is 0 Å². The van der Waals surface area contributed by atoms with E-state index in [2.05, 4.69) is 4.74 Å². The summed E-state index contributed by atoms with van der Waals surface area (Å²) in [6.07, 6.45) is 0. The lowest BCUT2D eigenvalue weighted by atomic mass is 10.2. The van der Waals surface area contributed by atoms with Gasteiger partial charge in [-0.2, -0.15) is 0 Å². The van der Waals surface area contributed by atoms with Crippen molar-refractivity contribution in [2.45, 2.75) is 6.92 Å². The second-order valence-corrected chi connectivity index (χ2v) is 3.48. The zero-order valence-electron chi connectivity index (χ0n) is 10.2. The molecule has 0 spiro atoms. The smallest absolute Gasteiger partial charge is 0.325 e. The monoisotopic (exact) mass is 241 g/mol. The first kappa shape index (κ1) is 13.3. The average Bonchev–Trinajstić information content (AvgIpc) is 2.31. The van der Waals surface area contributed by atoms with Crippen molar-refractivity contribution >= 4 is 11.7 Å². The maximum Gasteiger partial charge on any atom is 0.325 e. The van der Waals surface area contributed by atoms with Gasteiger partial charge in [-0.25, -0.2) is 4.39 Å². The van der Waals surface area contributed by atoms with Crippen molar-refractivity contribution in [2.24, 2.45) is 0 Å². The van der Waals surface area contributed by atoms with Gasteiger partial charge in [-0.3, -0.25) is 4.79 Å². The summed E-state index contributed by atoms with van der Waals surface area (Å²) in [6.45, 7) is 2.27. The van der Waals surface area contributed by atoms with Gasteiger partial charge < -0.3 is 14.4 Å². The SMILES string of the molecule is CCOc1ccc(N(C)CC(=O)OC)cc1F. The second kappa shape index (κ2) is 6.08. The Hall–Kier alpha value is -1.78. The average molecular weight is 241 g/mol. The predicted molar refractivity (Wildman–Crippen MR) is 62.9 cm³/mol. The van der Waals surface area contributed by atoms with Gasteiger partial charge in [0.25, 0.3) is 0 Å². The number of hydrogen-bond acceptors (Lipinski definition) is 4. The zero-order valence-corrected chi connectivity index (χ0v) is 10.2. The molecule has 1 aromatic rings. The molecule has 0 atom stereocenters. The Labute approximate surface area is 99.9 Å². The molecule has 0 saturated heterocycles. The third-order valence-corrected chi connectivity index (χ3v) is 2.25. The molecule has 0 aromatic heterocycles. The van der Waals surface area contributed by atoms with Crippen molar-refractivity contribution in [1.29, 1.82) is 0 Å². The van der Waals surface area contributed by atoms with Crippen LogP contribution in [0.2, 0.25) is 0 Å². The highest BCUT2D eigenvalue weighted by Crippen LogP contribution is 2.23. The summed E-state index contributed by atoms with van der Waals surface area (Å²) in [4.78, 5) is 12.7. The largest absolute Gasteiger partial charge is 0.491 e. The Morgan fingerprint density at radius 1 is 1.47 bits per heavy atom. The standard InChI is InChI=1S/C12H16FNO3/c1-4-17-11-6-5-9(7-10(11)13)14(2)8-12(15)16-3/h5-7H,4,8H2,1-3H3. The predicted octanol–water partition coefficient (Wildman–Crippen LogP) is 1.83. The van der Waals surface area contributed by atoms with E-state index in [9.17, 15) is 9.18 Å². The third kappa shape index (κ3) is 3.62. The molecule has 0 aliphatic carbocycles. The first-order valence-electron chi connectivity index (χ1n) is 5.28. The molecule has 1 aromatic carbocycles. The molecular formula is C12H16FNO3. The molecule has 94 valence electrons. The number of halogens is 1. The van der Waals surface area contributed by atoms with Crippen LogP contribution in [0.15, 0.2) is 18.2 Å². The van der Waals surface area contributed by atoms with Gasteiger partial charge in [0.1, 0.15) is 6.54 Å². The third-order valence-electron chi connectivity index (χ3n) is 2.25. The first-order chi connectivity index (χ1) is 8.08. The van der Waals surface area contributed by atoms with Crippen molar-refractivity contribution in [3.8, 4) is 5.75 Å². The summed E-state index contributed by atoms with van der Waals surface area (Å²) in [6, 6.07) is 4.56. The molecule has 4 nitrogen and oxygen atoms in total. The highest BCUT2D eigenvalue weighted by Gasteiger charge is 2.10. The fourth-order valence-corrected chi connectivity index (χ4v) is 1.35. The number of ether oxygens (including phenoxy) is 2. The molecule has 0 heterocycles. The fourth-order valence-electron chi connectivity index (χ4n) is 1.35. The number of esters is 1. The summed E-state index contributed by atoms with van der Waals surface area (Å²) in [7, 11) is 3.00. The van der Waals surface area contributed by atoms with Gasteiger partial charge >= 0.3 is 5.97 Å². The molecule has 0 bridgehead atoms. The van der Waals surface area contributed by atoms with Crippen LogP contribution in [0.1, 0.15) is 6.92 Å². The molecule has 0 aliphatic heterocycles. The Balaban J connectivity index is 2.78. The van der Waals surface area contributed by atoms with Gasteiger partial charge in [0, 0.05) is 18.8 Å². The van der Waals surface area contributed by atoms with Gasteiger partial charge in [-0.1, -0.05) is 0 Å². The van der Waals surface area contributed by atoms with Gasteiger partial charge in [0.05, 0.1) is 13.7 Å². The number of anilines is 1. The summed E-state index contributed by atoms with van der Waals surface area (Å²) < 4.78 is 23.2. The minimum absolute atomic E-state index is 0.0733. The van der Waals surface area contributed by atoms with Crippen LogP contribution in [-0.4, -0.2) is 33.3 Å². The van der Waals surface area contributed by atoms with Crippen LogP contribution in [-0.2, 0) is 9.53 Å².